The molecule has 0 aliphatic carbocycles. The molecular weight excluding hydrogens is 194 g/mol. The van der Waals surface area contributed by atoms with Crippen LogP contribution in [0.1, 0.15) is 0 Å². The zero-order valence-corrected chi connectivity index (χ0v) is 7.78. The maximum atomic E-state index is 11.1. The van der Waals surface area contributed by atoms with E-state index in [1.807, 2.05) is 0 Å². The molecule has 0 bridgehead atoms. The molecule has 0 amide bonds. The van der Waals surface area contributed by atoms with E-state index in [2.05, 4.69) is 9.97 Å². The molecule has 0 saturated carbocycles. The molecule has 15 heavy (non-hydrogen) atoms. The fourth-order valence-corrected chi connectivity index (χ4v) is 1.29. The predicted molar refractivity (Wildman–Crippen MR) is 57.5 cm³/mol. The molecular formula is C10H9N3O2. The number of aromatic nitrogens is 2. The maximum Gasteiger partial charge on any atom is 0.326 e. The first kappa shape index (κ1) is 9.26. The van der Waals surface area contributed by atoms with E-state index in [1.54, 1.807) is 24.3 Å². The van der Waals surface area contributed by atoms with Crippen molar-refractivity contribution in [1.29, 1.82) is 0 Å². The Kier molecular flexibility index (Phi) is 2.13. The Morgan fingerprint density at radius 2 is 1.67 bits per heavy atom. The van der Waals surface area contributed by atoms with E-state index >= 15 is 0 Å². The van der Waals surface area contributed by atoms with Crippen LogP contribution in [0.4, 0.5) is 5.69 Å². The Morgan fingerprint density at radius 1 is 1.00 bits per heavy atom. The summed E-state index contributed by atoms with van der Waals surface area (Å²) in [5, 5.41) is 0. The lowest BCUT2D eigenvalue weighted by Gasteiger charge is -2.00. The average molecular weight is 203 g/mol. The highest BCUT2D eigenvalue weighted by molar-refractivity contribution is 5.61. The molecule has 1 heterocycles. The monoisotopic (exact) mass is 203 g/mol. The molecule has 4 N–H and O–H groups in total. The molecule has 2 rings (SSSR count). The number of hydrogen-bond donors (Lipinski definition) is 3. The van der Waals surface area contributed by atoms with E-state index in [0.29, 0.717) is 11.4 Å². The van der Waals surface area contributed by atoms with Gasteiger partial charge in [0.2, 0.25) is 0 Å². The molecule has 0 spiro atoms. The second-order valence-electron chi connectivity index (χ2n) is 3.12. The second kappa shape index (κ2) is 3.45. The Morgan fingerprint density at radius 3 is 2.27 bits per heavy atom. The average Bonchev–Trinajstić information content (AvgIpc) is 2.17. The van der Waals surface area contributed by atoms with Crippen molar-refractivity contribution in [2.45, 2.75) is 0 Å². The van der Waals surface area contributed by atoms with Gasteiger partial charge in [-0.15, -0.1) is 0 Å². The van der Waals surface area contributed by atoms with Gasteiger partial charge in [-0.25, -0.2) is 4.79 Å². The molecule has 0 aliphatic rings. The minimum absolute atomic E-state index is 0.425. The highest BCUT2D eigenvalue weighted by Crippen LogP contribution is 2.15. The Balaban J connectivity index is 2.59. The van der Waals surface area contributed by atoms with Crippen LogP contribution in [0.25, 0.3) is 11.3 Å². The number of rotatable bonds is 1. The van der Waals surface area contributed by atoms with Crippen molar-refractivity contribution in [3.05, 3.63) is 51.2 Å². The van der Waals surface area contributed by atoms with Gasteiger partial charge in [0, 0.05) is 11.8 Å². The van der Waals surface area contributed by atoms with Crippen molar-refractivity contribution < 1.29 is 0 Å². The van der Waals surface area contributed by atoms with E-state index in [1.165, 1.54) is 6.07 Å². The van der Waals surface area contributed by atoms with Crippen LogP contribution in [-0.4, -0.2) is 9.97 Å². The Labute approximate surface area is 84.6 Å². The number of benzene rings is 1. The molecule has 1 aromatic heterocycles. The van der Waals surface area contributed by atoms with Crippen LogP contribution in [-0.2, 0) is 0 Å². The van der Waals surface area contributed by atoms with Gasteiger partial charge >= 0.3 is 5.69 Å². The minimum Gasteiger partial charge on any atom is -0.399 e. The quantitative estimate of drug-likeness (QED) is 0.582. The molecule has 1 aromatic carbocycles. The molecule has 0 unspecified atom stereocenters. The van der Waals surface area contributed by atoms with Crippen LogP contribution in [0.5, 0.6) is 0 Å². The van der Waals surface area contributed by atoms with Crippen molar-refractivity contribution in [2.24, 2.45) is 0 Å². The number of nitrogen functional groups attached to an aromatic ring is 1. The molecule has 0 saturated heterocycles. The smallest absolute Gasteiger partial charge is 0.326 e. The summed E-state index contributed by atoms with van der Waals surface area (Å²) in [7, 11) is 0. The van der Waals surface area contributed by atoms with Crippen LogP contribution >= 0.6 is 0 Å². The third-order valence-corrected chi connectivity index (χ3v) is 1.98. The number of anilines is 1. The maximum absolute atomic E-state index is 11.1. The summed E-state index contributed by atoms with van der Waals surface area (Å²) in [5.41, 5.74) is 6.43. The number of nitrogens with two attached hydrogens (primary N) is 1. The molecule has 0 radical (unpaired) electrons. The highest BCUT2D eigenvalue weighted by atomic mass is 16.2. The summed E-state index contributed by atoms with van der Waals surface area (Å²) < 4.78 is 0. The number of aromatic amines is 2. The van der Waals surface area contributed by atoms with Crippen molar-refractivity contribution in [3.8, 4) is 11.3 Å². The normalized spacial score (nSPS) is 10.1. The number of H-pyrrole nitrogens is 2. The van der Waals surface area contributed by atoms with Crippen LogP contribution in [0, 0.1) is 0 Å². The first-order chi connectivity index (χ1) is 7.15. The topological polar surface area (TPSA) is 91.7 Å². The van der Waals surface area contributed by atoms with Gasteiger partial charge in [-0.3, -0.25) is 9.78 Å². The zero-order chi connectivity index (χ0) is 10.8. The first-order valence-corrected chi connectivity index (χ1v) is 4.35. The summed E-state index contributed by atoms with van der Waals surface area (Å²) >= 11 is 0. The fraction of sp³-hybridized carbons (Fsp3) is 0. The van der Waals surface area contributed by atoms with Crippen LogP contribution < -0.4 is 17.0 Å². The Bertz CT molecular complexity index is 552. The van der Waals surface area contributed by atoms with Gasteiger partial charge < -0.3 is 10.7 Å². The van der Waals surface area contributed by atoms with E-state index in [4.69, 9.17) is 5.73 Å². The molecule has 5 heteroatoms. The van der Waals surface area contributed by atoms with Crippen LogP contribution in [0.3, 0.4) is 0 Å². The van der Waals surface area contributed by atoms with E-state index in [0.717, 1.165) is 5.56 Å². The van der Waals surface area contributed by atoms with E-state index in [9.17, 15) is 9.59 Å². The van der Waals surface area contributed by atoms with Gasteiger partial charge in [-0.05, 0) is 17.7 Å². The summed E-state index contributed by atoms with van der Waals surface area (Å²) in [6, 6.07) is 8.21. The largest absolute Gasteiger partial charge is 0.399 e. The summed E-state index contributed by atoms with van der Waals surface area (Å²) in [6.45, 7) is 0. The third kappa shape index (κ3) is 1.96. The SMILES string of the molecule is Nc1ccc(-c2cc(=O)[nH]c(=O)[nH]2)cc1. The van der Waals surface area contributed by atoms with Gasteiger partial charge in [0.15, 0.2) is 0 Å². The van der Waals surface area contributed by atoms with Gasteiger partial charge in [0.1, 0.15) is 0 Å². The highest BCUT2D eigenvalue weighted by Gasteiger charge is 1.99. The lowest BCUT2D eigenvalue weighted by molar-refractivity contribution is 1.04. The molecule has 5 nitrogen and oxygen atoms in total. The van der Waals surface area contributed by atoms with Gasteiger partial charge in [0.25, 0.3) is 5.56 Å². The van der Waals surface area contributed by atoms with Crippen molar-refractivity contribution in [3.63, 3.8) is 0 Å². The predicted octanol–water partition coefficient (Wildman–Crippen LogP) is 0.312. The van der Waals surface area contributed by atoms with Crippen LogP contribution in [0.2, 0.25) is 0 Å². The zero-order valence-electron chi connectivity index (χ0n) is 7.78. The molecule has 76 valence electrons. The lowest BCUT2D eigenvalue weighted by atomic mass is 10.1. The van der Waals surface area contributed by atoms with E-state index < -0.39 is 11.2 Å². The van der Waals surface area contributed by atoms with Gasteiger partial charge in [0.05, 0.1) is 5.69 Å². The standard InChI is InChI=1S/C10H9N3O2/c11-7-3-1-6(2-4-7)8-5-9(14)13-10(15)12-8/h1-5H,11H2,(H2,12,13,14,15). The molecule has 0 atom stereocenters. The fourth-order valence-electron chi connectivity index (χ4n) is 1.29. The molecule has 0 aliphatic heterocycles. The van der Waals surface area contributed by atoms with Gasteiger partial charge in [-0.2, -0.15) is 0 Å². The van der Waals surface area contributed by atoms with Crippen LogP contribution in [0.15, 0.2) is 39.9 Å². The van der Waals surface area contributed by atoms with Crippen molar-refractivity contribution in [1.82, 2.24) is 9.97 Å². The second-order valence-corrected chi connectivity index (χ2v) is 3.12. The first-order valence-electron chi connectivity index (χ1n) is 4.35. The summed E-state index contributed by atoms with van der Waals surface area (Å²) in [5.74, 6) is 0. The molecule has 2 aromatic rings. The Hall–Kier alpha value is -2.30. The van der Waals surface area contributed by atoms with Crippen molar-refractivity contribution in [2.75, 3.05) is 5.73 Å². The number of hydrogen-bond acceptors (Lipinski definition) is 3. The number of nitrogens with one attached hydrogen (secondary N) is 2. The van der Waals surface area contributed by atoms with E-state index in [-0.39, 0.29) is 0 Å². The molecule has 0 fully saturated rings. The van der Waals surface area contributed by atoms with Crippen molar-refractivity contribution >= 4 is 5.69 Å². The minimum atomic E-state index is -0.519. The summed E-state index contributed by atoms with van der Waals surface area (Å²) in [6.07, 6.45) is 0. The summed E-state index contributed by atoms with van der Waals surface area (Å²) in [4.78, 5) is 26.7. The lowest BCUT2D eigenvalue weighted by Crippen LogP contribution is -2.21. The van der Waals surface area contributed by atoms with Gasteiger partial charge in [-0.1, -0.05) is 12.1 Å². The third-order valence-electron chi connectivity index (χ3n) is 1.98.